The van der Waals surface area contributed by atoms with E-state index < -0.39 is 23.8 Å². The number of H-pyrrole nitrogens is 1. The van der Waals surface area contributed by atoms with Crippen molar-refractivity contribution in [2.75, 3.05) is 6.54 Å². The third-order valence-electron chi connectivity index (χ3n) is 5.89. The fourth-order valence-electron chi connectivity index (χ4n) is 4.85. The van der Waals surface area contributed by atoms with Gasteiger partial charge in [-0.15, -0.1) is 0 Å². The first-order valence-electron chi connectivity index (χ1n) is 8.71. The number of likely N-dealkylation sites (tertiary alicyclic amines) is 1. The van der Waals surface area contributed by atoms with E-state index >= 15 is 0 Å². The fraction of sp³-hybridized carbons (Fsp3) is 0.474. The van der Waals surface area contributed by atoms with Crippen molar-refractivity contribution >= 4 is 22.8 Å². The molecule has 0 radical (unpaired) electrons. The van der Waals surface area contributed by atoms with Crippen LogP contribution in [0.5, 0.6) is 0 Å². The number of carbonyl (C=O) groups is 2. The van der Waals surface area contributed by atoms with Crippen LogP contribution in [0.25, 0.3) is 10.9 Å². The van der Waals surface area contributed by atoms with Gasteiger partial charge >= 0.3 is 11.9 Å². The molecule has 6 heteroatoms. The second-order valence-corrected chi connectivity index (χ2v) is 7.49. The van der Waals surface area contributed by atoms with Gasteiger partial charge in [0, 0.05) is 41.6 Å². The summed E-state index contributed by atoms with van der Waals surface area (Å²) >= 11 is 0. The van der Waals surface area contributed by atoms with Crippen LogP contribution in [0.15, 0.2) is 24.4 Å². The maximum absolute atomic E-state index is 12.2. The van der Waals surface area contributed by atoms with E-state index in [2.05, 4.69) is 9.88 Å². The summed E-state index contributed by atoms with van der Waals surface area (Å²) in [4.78, 5) is 29.2. The molecular formula is C19H22N2O4. The first kappa shape index (κ1) is 16.1. The van der Waals surface area contributed by atoms with Crippen LogP contribution in [0, 0.1) is 5.92 Å². The molecule has 132 valence electrons. The van der Waals surface area contributed by atoms with Crippen LogP contribution in [-0.2, 0) is 9.59 Å². The number of aromatic nitrogens is 1. The van der Waals surface area contributed by atoms with Crippen LogP contribution < -0.4 is 0 Å². The number of nitrogens with one attached hydrogen (secondary N) is 1. The van der Waals surface area contributed by atoms with Crippen molar-refractivity contribution in [3.05, 3.63) is 35.5 Å². The van der Waals surface area contributed by atoms with Gasteiger partial charge in [0.15, 0.2) is 0 Å². The number of hydrogen-bond acceptors (Lipinski definition) is 3. The van der Waals surface area contributed by atoms with Crippen LogP contribution in [0.4, 0.5) is 0 Å². The summed E-state index contributed by atoms with van der Waals surface area (Å²) < 4.78 is 0. The Hall–Kier alpha value is -2.34. The summed E-state index contributed by atoms with van der Waals surface area (Å²) in [5.41, 5.74) is 2.82. The molecule has 1 saturated heterocycles. The largest absolute Gasteiger partial charge is 0.481 e. The molecule has 0 bridgehead atoms. The van der Waals surface area contributed by atoms with Gasteiger partial charge in [0.25, 0.3) is 0 Å². The molecular weight excluding hydrogens is 320 g/mol. The number of rotatable bonds is 3. The highest BCUT2D eigenvalue weighted by molar-refractivity contribution is 5.94. The van der Waals surface area contributed by atoms with E-state index in [0.717, 1.165) is 22.0 Å². The average Bonchev–Trinajstić information content (AvgIpc) is 2.99. The van der Waals surface area contributed by atoms with Crippen molar-refractivity contribution in [3.63, 3.8) is 0 Å². The number of hydrogen-bond donors (Lipinski definition) is 3. The second kappa shape index (κ2) is 5.59. The van der Waals surface area contributed by atoms with Crippen LogP contribution in [-0.4, -0.2) is 50.7 Å². The number of fused-ring (bicyclic) bond motifs is 2. The smallest absolute Gasteiger partial charge is 0.312 e. The van der Waals surface area contributed by atoms with E-state index in [1.807, 2.05) is 38.2 Å². The van der Waals surface area contributed by atoms with Gasteiger partial charge in [-0.2, -0.15) is 0 Å². The molecule has 3 N–H and O–H groups in total. The van der Waals surface area contributed by atoms with Gasteiger partial charge in [-0.05, 0) is 37.5 Å². The number of piperidine rings is 1. The molecule has 6 nitrogen and oxygen atoms in total. The Morgan fingerprint density at radius 2 is 1.96 bits per heavy atom. The molecule has 1 aromatic carbocycles. The second-order valence-electron chi connectivity index (χ2n) is 7.49. The fourth-order valence-corrected chi connectivity index (χ4v) is 4.85. The number of aliphatic carboxylic acids is 2. The third kappa shape index (κ3) is 2.28. The van der Waals surface area contributed by atoms with Gasteiger partial charge in [-0.3, -0.25) is 14.5 Å². The van der Waals surface area contributed by atoms with Crippen LogP contribution >= 0.6 is 0 Å². The maximum atomic E-state index is 12.2. The van der Waals surface area contributed by atoms with Gasteiger partial charge in [0.1, 0.15) is 0 Å². The predicted molar refractivity (Wildman–Crippen MR) is 92.8 cm³/mol. The van der Waals surface area contributed by atoms with E-state index in [-0.39, 0.29) is 18.0 Å². The molecule has 25 heavy (non-hydrogen) atoms. The van der Waals surface area contributed by atoms with Crippen LogP contribution in [0.3, 0.4) is 0 Å². The lowest BCUT2D eigenvalue weighted by molar-refractivity contribution is -0.147. The molecule has 2 unspecified atom stereocenters. The molecule has 4 atom stereocenters. The molecule has 1 aliphatic carbocycles. The van der Waals surface area contributed by atoms with E-state index in [9.17, 15) is 19.8 Å². The van der Waals surface area contributed by atoms with E-state index in [1.54, 1.807) is 0 Å². The van der Waals surface area contributed by atoms with Crippen molar-refractivity contribution in [1.29, 1.82) is 0 Å². The summed E-state index contributed by atoms with van der Waals surface area (Å²) in [7, 11) is 0. The molecule has 1 fully saturated rings. The summed E-state index contributed by atoms with van der Waals surface area (Å²) in [6.45, 7) is 4.41. The Morgan fingerprint density at radius 3 is 2.60 bits per heavy atom. The standard InChI is InChI=1S/C19H22N2O4/c1-9(2)21-8-10(18(22)23)6-12-11-4-3-5-14-15(11)13(7-20-14)16(17(12)21)19(24)25/h3-5,7,9-10,12,16-17,20H,6,8H2,1-2H3,(H,22,23)(H,24,25)/t10?,12-,16?,17+/m1/s1. The highest BCUT2D eigenvalue weighted by Crippen LogP contribution is 2.50. The minimum Gasteiger partial charge on any atom is -0.481 e. The topological polar surface area (TPSA) is 93.6 Å². The highest BCUT2D eigenvalue weighted by atomic mass is 16.4. The van der Waals surface area contributed by atoms with Crippen molar-refractivity contribution < 1.29 is 19.8 Å². The molecule has 4 rings (SSSR count). The number of aromatic amines is 1. The molecule has 0 spiro atoms. The zero-order valence-corrected chi connectivity index (χ0v) is 14.3. The first-order chi connectivity index (χ1) is 11.9. The quantitative estimate of drug-likeness (QED) is 0.797. The Labute approximate surface area is 145 Å². The zero-order valence-electron chi connectivity index (χ0n) is 14.3. The molecule has 2 heterocycles. The number of carboxylic acid groups (broad SMARTS) is 2. The van der Waals surface area contributed by atoms with Crippen molar-refractivity contribution in [2.45, 2.75) is 44.2 Å². The molecule has 2 aliphatic rings. The minimum atomic E-state index is -0.843. The van der Waals surface area contributed by atoms with Gasteiger partial charge in [0.2, 0.25) is 0 Å². The predicted octanol–water partition coefficient (Wildman–Crippen LogP) is 2.62. The number of carboxylic acids is 2. The van der Waals surface area contributed by atoms with Gasteiger partial charge in [-0.25, -0.2) is 0 Å². The van der Waals surface area contributed by atoms with Crippen molar-refractivity contribution in [3.8, 4) is 0 Å². The molecule has 1 aromatic heterocycles. The summed E-state index contributed by atoms with van der Waals surface area (Å²) in [5.74, 6) is -2.86. The van der Waals surface area contributed by atoms with E-state index in [1.165, 1.54) is 0 Å². The molecule has 0 saturated carbocycles. The molecule has 1 aliphatic heterocycles. The Morgan fingerprint density at radius 1 is 1.20 bits per heavy atom. The number of benzene rings is 1. The van der Waals surface area contributed by atoms with E-state index in [4.69, 9.17) is 0 Å². The Balaban J connectivity index is 1.94. The summed E-state index contributed by atoms with van der Waals surface area (Å²) in [6, 6.07) is 5.79. The first-order valence-corrected chi connectivity index (χ1v) is 8.71. The van der Waals surface area contributed by atoms with Crippen LogP contribution in [0.1, 0.15) is 43.2 Å². The summed E-state index contributed by atoms with van der Waals surface area (Å²) in [5, 5.41) is 20.6. The lowest BCUT2D eigenvalue weighted by atomic mass is 9.67. The number of nitrogens with zero attached hydrogens (tertiary/aromatic N) is 1. The third-order valence-corrected chi connectivity index (χ3v) is 5.89. The maximum Gasteiger partial charge on any atom is 0.312 e. The monoisotopic (exact) mass is 342 g/mol. The SMILES string of the molecule is CC(C)N1CC(C(=O)O)C[C@@H]2c3cccc4[nH]cc(c34)C(C(=O)O)[C@H]21. The van der Waals surface area contributed by atoms with Crippen LogP contribution in [0.2, 0.25) is 0 Å². The Kier molecular flexibility index (Phi) is 3.61. The van der Waals surface area contributed by atoms with E-state index in [0.29, 0.717) is 13.0 Å². The Bertz CT molecular complexity index is 856. The summed E-state index contributed by atoms with van der Waals surface area (Å²) in [6.07, 6.45) is 2.29. The lowest BCUT2D eigenvalue weighted by Gasteiger charge is -2.50. The molecule has 0 amide bonds. The lowest BCUT2D eigenvalue weighted by Crippen LogP contribution is -2.56. The average molecular weight is 342 g/mol. The highest BCUT2D eigenvalue weighted by Gasteiger charge is 2.50. The van der Waals surface area contributed by atoms with Crippen molar-refractivity contribution in [1.82, 2.24) is 9.88 Å². The minimum absolute atomic E-state index is 0.0798. The normalized spacial score (nSPS) is 28.9. The van der Waals surface area contributed by atoms with Crippen molar-refractivity contribution in [2.24, 2.45) is 5.92 Å². The molecule has 2 aromatic rings. The van der Waals surface area contributed by atoms with Gasteiger partial charge in [-0.1, -0.05) is 12.1 Å². The van der Waals surface area contributed by atoms with Gasteiger partial charge < -0.3 is 15.2 Å². The zero-order chi connectivity index (χ0) is 17.9. The van der Waals surface area contributed by atoms with Gasteiger partial charge in [0.05, 0.1) is 11.8 Å².